The van der Waals surface area contributed by atoms with E-state index in [0.29, 0.717) is 9.90 Å². The smallest absolute Gasteiger partial charge is 0.290 e. The predicted molar refractivity (Wildman–Crippen MR) is 102 cm³/mol. The molecule has 2 aromatic rings. The van der Waals surface area contributed by atoms with Gasteiger partial charge in [-0.3, -0.25) is 9.59 Å². The molecule has 1 atom stereocenters. The van der Waals surface area contributed by atoms with Gasteiger partial charge in [0.2, 0.25) is 5.78 Å². The Morgan fingerprint density at radius 2 is 1.85 bits per heavy atom. The highest BCUT2D eigenvalue weighted by Gasteiger charge is 2.47. The van der Waals surface area contributed by atoms with E-state index >= 15 is 0 Å². The molecular weight excluding hydrogens is 370 g/mol. The van der Waals surface area contributed by atoms with E-state index < -0.39 is 17.7 Å². The van der Waals surface area contributed by atoms with Crippen molar-refractivity contribution in [3.8, 4) is 0 Å². The molecule has 2 heterocycles. The maximum Gasteiger partial charge on any atom is 0.290 e. The van der Waals surface area contributed by atoms with Gasteiger partial charge >= 0.3 is 0 Å². The van der Waals surface area contributed by atoms with Gasteiger partial charge in [-0.2, -0.15) is 0 Å². The van der Waals surface area contributed by atoms with E-state index in [1.165, 1.54) is 11.3 Å². The summed E-state index contributed by atoms with van der Waals surface area (Å²) in [5.41, 5.74) is 0.963. The first-order valence-electron chi connectivity index (χ1n) is 8.67. The zero-order valence-corrected chi connectivity index (χ0v) is 15.6. The second kappa shape index (κ2) is 6.89. The summed E-state index contributed by atoms with van der Waals surface area (Å²) in [5.74, 6) is -1.15. The summed E-state index contributed by atoms with van der Waals surface area (Å²) >= 11 is 7.32. The van der Waals surface area contributed by atoms with Gasteiger partial charge in [0.15, 0.2) is 5.76 Å². The number of benzene rings is 1. The molecule has 2 aliphatic rings. The van der Waals surface area contributed by atoms with E-state index in [0.717, 1.165) is 31.2 Å². The molecule has 1 amide bonds. The highest BCUT2D eigenvalue weighted by atomic mass is 35.5. The minimum absolute atomic E-state index is 0.0407. The van der Waals surface area contributed by atoms with Gasteiger partial charge in [-0.25, -0.2) is 0 Å². The van der Waals surface area contributed by atoms with Crippen LogP contribution in [0.4, 0.5) is 0 Å². The number of carbonyl (C=O) groups is 2. The SMILES string of the molecule is O=C(C1=C(O)C(=O)N(C2CCCC2)C1c1ccc(Cl)cc1)c1cccs1. The highest BCUT2D eigenvalue weighted by Crippen LogP contribution is 2.43. The maximum absolute atomic E-state index is 13.1. The lowest BCUT2D eigenvalue weighted by atomic mass is 9.94. The molecule has 0 saturated heterocycles. The molecule has 1 saturated carbocycles. The number of hydrogen-bond acceptors (Lipinski definition) is 4. The minimum atomic E-state index is -0.572. The lowest BCUT2D eigenvalue weighted by Gasteiger charge is -2.32. The molecule has 6 heteroatoms. The third kappa shape index (κ3) is 2.85. The van der Waals surface area contributed by atoms with Crippen molar-refractivity contribution in [3.05, 3.63) is 68.6 Å². The van der Waals surface area contributed by atoms with Crippen molar-refractivity contribution in [1.29, 1.82) is 0 Å². The van der Waals surface area contributed by atoms with Crippen molar-refractivity contribution < 1.29 is 14.7 Å². The van der Waals surface area contributed by atoms with Crippen LogP contribution < -0.4 is 0 Å². The Hall–Kier alpha value is -2.11. The first kappa shape index (κ1) is 17.3. The van der Waals surface area contributed by atoms with Crippen LogP contribution in [0.1, 0.15) is 47.0 Å². The van der Waals surface area contributed by atoms with E-state index in [9.17, 15) is 14.7 Å². The number of aliphatic hydroxyl groups is 1. The van der Waals surface area contributed by atoms with Crippen molar-refractivity contribution in [2.24, 2.45) is 0 Å². The fraction of sp³-hybridized carbons (Fsp3) is 0.300. The molecule has 1 aromatic heterocycles. The summed E-state index contributed by atoms with van der Waals surface area (Å²) in [5, 5.41) is 13.0. The van der Waals surface area contributed by atoms with Gasteiger partial charge in [-0.05, 0) is 42.0 Å². The molecule has 4 rings (SSSR count). The van der Waals surface area contributed by atoms with E-state index in [-0.39, 0.29) is 17.4 Å². The third-order valence-corrected chi connectivity index (χ3v) is 6.26. The van der Waals surface area contributed by atoms with Gasteiger partial charge in [0.25, 0.3) is 5.91 Å². The average Bonchev–Trinajstić information content (AvgIpc) is 3.38. The Balaban J connectivity index is 1.82. The van der Waals surface area contributed by atoms with Crippen LogP contribution in [0.2, 0.25) is 5.02 Å². The highest BCUT2D eigenvalue weighted by molar-refractivity contribution is 7.12. The molecule has 1 N–H and O–H groups in total. The van der Waals surface area contributed by atoms with Gasteiger partial charge in [0.1, 0.15) is 0 Å². The summed E-state index contributed by atoms with van der Waals surface area (Å²) < 4.78 is 0. The summed E-state index contributed by atoms with van der Waals surface area (Å²) in [6, 6.07) is 10.1. The quantitative estimate of drug-likeness (QED) is 0.757. The number of aliphatic hydroxyl groups excluding tert-OH is 1. The Bertz CT molecular complexity index is 867. The fourth-order valence-corrected chi connectivity index (χ4v) is 4.73. The van der Waals surface area contributed by atoms with Crippen LogP contribution in [0, 0.1) is 0 Å². The lowest BCUT2D eigenvalue weighted by molar-refractivity contribution is -0.131. The molecule has 1 aromatic carbocycles. The van der Waals surface area contributed by atoms with Crippen LogP contribution in [0.25, 0.3) is 0 Å². The Morgan fingerprint density at radius 3 is 2.46 bits per heavy atom. The Kier molecular flexibility index (Phi) is 4.59. The van der Waals surface area contributed by atoms with Crippen LogP contribution in [0.15, 0.2) is 53.1 Å². The van der Waals surface area contributed by atoms with Crippen molar-refractivity contribution in [1.82, 2.24) is 4.90 Å². The van der Waals surface area contributed by atoms with Crippen molar-refractivity contribution in [2.75, 3.05) is 0 Å². The fourth-order valence-electron chi connectivity index (χ4n) is 3.93. The minimum Gasteiger partial charge on any atom is -0.503 e. The molecule has 0 spiro atoms. The molecule has 1 fully saturated rings. The van der Waals surface area contributed by atoms with Crippen LogP contribution in [-0.4, -0.2) is 27.7 Å². The summed E-state index contributed by atoms with van der Waals surface area (Å²) in [7, 11) is 0. The van der Waals surface area contributed by atoms with Crippen molar-refractivity contribution >= 4 is 34.6 Å². The normalized spacial score (nSPS) is 21.0. The average molecular weight is 388 g/mol. The van der Waals surface area contributed by atoms with E-state index in [4.69, 9.17) is 11.6 Å². The van der Waals surface area contributed by atoms with Crippen LogP contribution in [-0.2, 0) is 4.79 Å². The van der Waals surface area contributed by atoms with Crippen molar-refractivity contribution in [2.45, 2.75) is 37.8 Å². The number of hydrogen-bond donors (Lipinski definition) is 1. The number of Topliss-reactive ketones (excluding diaryl/α,β-unsaturated/α-hetero) is 1. The van der Waals surface area contributed by atoms with E-state index in [1.807, 2.05) is 17.5 Å². The number of nitrogens with zero attached hydrogens (tertiary/aromatic N) is 1. The summed E-state index contributed by atoms with van der Waals surface area (Å²) in [6.45, 7) is 0. The van der Waals surface area contributed by atoms with Gasteiger partial charge < -0.3 is 10.0 Å². The molecule has 1 aliphatic heterocycles. The molecular formula is C20H18ClNO3S. The van der Waals surface area contributed by atoms with Gasteiger partial charge in [-0.1, -0.05) is 42.6 Å². The molecule has 134 valence electrons. The zero-order chi connectivity index (χ0) is 18.3. The van der Waals surface area contributed by atoms with E-state index in [2.05, 4.69) is 0 Å². The van der Waals surface area contributed by atoms with Crippen LogP contribution >= 0.6 is 22.9 Å². The van der Waals surface area contributed by atoms with Crippen LogP contribution in [0.3, 0.4) is 0 Å². The number of carbonyl (C=O) groups excluding carboxylic acids is 2. The summed E-state index contributed by atoms with van der Waals surface area (Å²) in [4.78, 5) is 28.2. The number of halogens is 1. The molecule has 0 radical (unpaired) electrons. The molecule has 1 unspecified atom stereocenters. The summed E-state index contributed by atoms with van der Waals surface area (Å²) in [6.07, 6.45) is 3.89. The first-order valence-corrected chi connectivity index (χ1v) is 9.93. The van der Waals surface area contributed by atoms with Gasteiger partial charge in [-0.15, -0.1) is 11.3 Å². The monoisotopic (exact) mass is 387 g/mol. The molecule has 1 aliphatic carbocycles. The predicted octanol–water partition coefficient (Wildman–Crippen LogP) is 4.92. The van der Waals surface area contributed by atoms with Gasteiger partial charge in [0, 0.05) is 11.1 Å². The Labute approximate surface area is 160 Å². The number of amides is 1. The molecule has 0 bridgehead atoms. The molecule has 26 heavy (non-hydrogen) atoms. The third-order valence-electron chi connectivity index (χ3n) is 5.14. The number of thiophene rings is 1. The van der Waals surface area contributed by atoms with Crippen LogP contribution in [0.5, 0.6) is 0 Å². The van der Waals surface area contributed by atoms with Crippen molar-refractivity contribution in [3.63, 3.8) is 0 Å². The van der Waals surface area contributed by atoms with E-state index in [1.54, 1.807) is 29.2 Å². The number of ketones is 1. The second-order valence-electron chi connectivity index (χ2n) is 6.67. The Morgan fingerprint density at radius 1 is 1.15 bits per heavy atom. The molecule has 4 nitrogen and oxygen atoms in total. The standard InChI is InChI=1S/C20H18ClNO3S/c21-13-9-7-12(8-10-13)17-16(18(23)15-6-3-11-26-15)19(24)20(25)22(17)14-4-1-2-5-14/h3,6-11,14,17,24H,1-2,4-5H2. The first-order chi connectivity index (χ1) is 12.6. The topological polar surface area (TPSA) is 57.6 Å². The van der Waals surface area contributed by atoms with Gasteiger partial charge in [0.05, 0.1) is 16.5 Å². The largest absolute Gasteiger partial charge is 0.503 e. The lowest BCUT2D eigenvalue weighted by Crippen LogP contribution is -2.38. The number of rotatable bonds is 4. The zero-order valence-electron chi connectivity index (χ0n) is 14.0. The maximum atomic E-state index is 13.1. The second-order valence-corrected chi connectivity index (χ2v) is 8.06.